The summed E-state index contributed by atoms with van der Waals surface area (Å²) >= 11 is 0. The van der Waals surface area contributed by atoms with Crippen LogP contribution in [0.1, 0.15) is 12.8 Å². The topological polar surface area (TPSA) is 117 Å². The first-order valence-corrected chi connectivity index (χ1v) is 14.7. The maximum absolute atomic E-state index is 14.7. The fraction of sp³-hybridized carbons (Fsp3) is 0.273. The van der Waals surface area contributed by atoms with Crippen LogP contribution in [0.4, 0.5) is 4.39 Å². The van der Waals surface area contributed by atoms with Gasteiger partial charge in [0.1, 0.15) is 35.7 Å². The van der Waals surface area contributed by atoms with Gasteiger partial charge in [-0.25, -0.2) is 14.4 Å². The maximum Gasteiger partial charge on any atom is 0.178 e. The van der Waals surface area contributed by atoms with Crippen molar-refractivity contribution < 1.29 is 13.9 Å². The number of H-pyrrole nitrogens is 2. The van der Waals surface area contributed by atoms with Crippen LogP contribution >= 0.6 is 0 Å². The van der Waals surface area contributed by atoms with E-state index >= 15 is 0 Å². The molecule has 1 aliphatic heterocycles. The Kier molecular flexibility index (Phi) is 7.63. The summed E-state index contributed by atoms with van der Waals surface area (Å²) in [5.41, 5.74) is 6.10. The van der Waals surface area contributed by atoms with Crippen molar-refractivity contribution in [2.45, 2.75) is 18.9 Å². The minimum absolute atomic E-state index is 0.192. The normalized spacial score (nSPS) is 14.1. The van der Waals surface area contributed by atoms with E-state index in [1.165, 1.54) is 12.1 Å². The number of nitrogens with zero attached hydrogens (tertiary/aromatic N) is 5. The number of aromatic amines is 2. The molecular formula is C33H33FN8O2. The van der Waals surface area contributed by atoms with Crippen LogP contribution in [0.25, 0.3) is 55.8 Å². The Hall–Kier alpha value is -4.87. The molecule has 0 spiro atoms. The Bertz CT molecular complexity index is 1930. The fourth-order valence-corrected chi connectivity index (χ4v) is 5.53. The molecule has 0 radical (unpaired) electrons. The van der Waals surface area contributed by atoms with E-state index in [2.05, 4.69) is 36.5 Å². The monoisotopic (exact) mass is 592 g/mol. The van der Waals surface area contributed by atoms with Gasteiger partial charge < -0.3 is 24.7 Å². The number of nitrogens with one attached hydrogen (secondary N) is 3. The number of halogens is 1. The third-order valence-corrected chi connectivity index (χ3v) is 7.80. The molecule has 1 fully saturated rings. The van der Waals surface area contributed by atoms with Crippen LogP contribution in [0, 0.1) is 5.82 Å². The van der Waals surface area contributed by atoms with Gasteiger partial charge in [-0.3, -0.25) is 10.1 Å². The summed E-state index contributed by atoms with van der Waals surface area (Å²) < 4.78 is 26.7. The minimum atomic E-state index is -0.377. The highest BCUT2D eigenvalue weighted by molar-refractivity contribution is 5.97. The average Bonchev–Trinajstić information content (AvgIpc) is 3.65. The summed E-state index contributed by atoms with van der Waals surface area (Å²) in [4.78, 5) is 19.1. The van der Waals surface area contributed by atoms with Crippen LogP contribution in [0.15, 0.2) is 67.1 Å². The lowest BCUT2D eigenvalue weighted by Gasteiger charge is -2.23. The lowest BCUT2D eigenvalue weighted by Crippen LogP contribution is -2.34. The van der Waals surface area contributed by atoms with Gasteiger partial charge in [0.2, 0.25) is 0 Å². The number of fused-ring (bicyclic) bond motifs is 2. The zero-order valence-electron chi connectivity index (χ0n) is 24.6. The molecule has 6 aromatic rings. The molecular weight excluding hydrogens is 559 g/mol. The van der Waals surface area contributed by atoms with Gasteiger partial charge in [-0.15, -0.1) is 0 Å². The van der Waals surface area contributed by atoms with Gasteiger partial charge in [0.05, 0.1) is 17.2 Å². The quantitative estimate of drug-likeness (QED) is 0.203. The molecule has 0 saturated carbocycles. The number of likely N-dealkylation sites (N-methyl/N-ethyl adjacent to an activating group) is 1. The summed E-state index contributed by atoms with van der Waals surface area (Å²) in [6.45, 7) is 3.11. The van der Waals surface area contributed by atoms with Crippen LogP contribution in [-0.4, -0.2) is 81.5 Å². The van der Waals surface area contributed by atoms with Gasteiger partial charge in [0, 0.05) is 41.5 Å². The third-order valence-electron chi connectivity index (χ3n) is 7.80. The number of imidazole rings is 1. The largest absolute Gasteiger partial charge is 0.492 e. The Morgan fingerprint density at radius 3 is 2.68 bits per heavy atom. The number of pyridine rings is 2. The zero-order chi connectivity index (χ0) is 30.0. The molecule has 0 amide bonds. The molecule has 2 aromatic carbocycles. The second-order valence-corrected chi connectivity index (χ2v) is 11.3. The first-order chi connectivity index (χ1) is 21.5. The van der Waals surface area contributed by atoms with Crippen LogP contribution < -0.4 is 14.8 Å². The zero-order valence-corrected chi connectivity index (χ0v) is 24.6. The SMILES string of the molecule is CN(C)CCOc1cc(F)cc(-c2ccnc3nc(-c4n[nH]c5ccc(-c6cncc(OC7CCNCC7)c6)cc45)[nH]c23)c1. The van der Waals surface area contributed by atoms with E-state index in [1.54, 1.807) is 12.4 Å². The summed E-state index contributed by atoms with van der Waals surface area (Å²) in [6, 6.07) is 14.7. The highest BCUT2D eigenvalue weighted by Crippen LogP contribution is 2.34. The molecule has 7 rings (SSSR count). The Morgan fingerprint density at radius 2 is 1.82 bits per heavy atom. The molecule has 44 heavy (non-hydrogen) atoms. The van der Waals surface area contributed by atoms with Crippen molar-refractivity contribution in [3.63, 3.8) is 0 Å². The van der Waals surface area contributed by atoms with E-state index in [-0.39, 0.29) is 11.9 Å². The number of ether oxygens (including phenoxy) is 2. The van der Waals surface area contributed by atoms with Crippen LogP contribution in [0.3, 0.4) is 0 Å². The summed E-state index contributed by atoms with van der Waals surface area (Å²) in [5.74, 6) is 1.42. The smallest absolute Gasteiger partial charge is 0.178 e. The molecule has 224 valence electrons. The third kappa shape index (κ3) is 5.84. The van der Waals surface area contributed by atoms with Crippen LogP contribution in [0.2, 0.25) is 0 Å². The predicted molar refractivity (Wildman–Crippen MR) is 168 cm³/mol. The highest BCUT2D eigenvalue weighted by atomic mass is 19.1. The number of aromatic nitrogens is 6. The highest BCUT2D eigenvalue weighted by Gasteiger charge is 2.18. The lowest BCUT2D eigenvalue weighted by molar-refractivity contribution is 0.162. The minimum Gasteiger partial charge on any atom is -0.492 e. The van der Waals surface area contributed by atoms with Crippen LogP contribution in [0.5, 0.6) is 11.5 Å². The molecule has 0 bridgehead atoms. The van der Waals surface area contributed by atoms with Gasteiger partial charge in [-0.2, -0.15) is 5.10 Å². The Labute approximate surface area is 253 Å². The van der Waals surface area contributed by atoms with E-state index in [9.17, 15) is 4.39 Å². The fourth-order valence-electron chi connectivity index (χ4n) is 5.53. The van der Waals surface area contributed by atoms with Crippen molar-refractivity contribution in [3.8, 4) is 45.3 Å². The predicted octanol–water partition coefficient (Wildman–Crippen LogP) is 5.44. The van der Waals surface area contributed by atoms with E-state index < -0.39 is 0 Å². The van der Waals surface area contributed by atoms with Crippen molar-refractivity contribution >= 4 is 22.1 Å². The van der Waals surface area contributed by atoms with Gasteiger partial charge >= 0.3 is 0 Å². The molecule has 10 nitrogen and oxygen atoms in total. The number of hydrogen-bond donors (Lipinski definition) is 3. The number of benzene rings is 2. The molecule has 0 atom stereocenters. The van der Waals surface area contributed by atoms with E-state index in [0.717, 1.165) is 65.8 Å². The molecule has 3 N–H and O–H groups in total. The molecule has 5 heterocycles. The Morgan fingerprint density at radius 1 is 0.955 bits per heavy atom. The van der Waals surface area contributed by atoms with E-state index in [1.807, 2.05) is 55.5 Å². The number of piperidine rings is 1. The second kappa shape index (κ2) is 12.0. The van der Waals surface area contributed by atoms with Crippen LogP contribution in [-0.2, 0) is 0 Å². The molecule has 0 unspecified atom stereocenters. The Balaban J connectivity index is 1.21. The first kappa shape index (κ1) is 27.9. The second-order valence-electron chi connectivity index (χ2n) is 11.3. The summed E-state index contributed by atoms with van der Waals surface area (Å²) in [5, 5.41) is 12.0. The molecule has 1 aliphatic rings. The molecule has 4 aromatic heterocycles. The van der Waals surface area contributed by atoms with E-state index in [4.69, 9.17) is 14.5 Å². The van der Waals surface area contributed by atoms with Crippen molar-refractivity contribution in [2.75, 3.05) is 40.3 Å². The molecule has 1 saturated heterocycles. The van der Waals surface area contributed by atoms with E-state index in [0.29, 0.717) is 40.6 Å². The summed E-state index contributed by atoms with van der Waals surface area (Å²) in [7, 11) is 3.93. The molecule has 11 heteroatoms. The van der Waals surface area contributed by atoms with Gasteiger partial charge in [0.25, 0.3) is 0 Å². The van der Waals surface area contributed by atoms with Crippen molar-refractivity contribution in [1.29, 1.82) is 0 Å². The lowest BCUT2D eigenvalue weighted by atomic mass is 10.0. The standard InChI is InChI=1S/C33H33FN8O2/c1-42(2)11-12-43-25-14-21(13-23(34)17-25)27-7-10-37-32-30(27)38-33(39-32)31-28-16-20(3-4-29(28)40-41-31)22-15-26(19-36-18-22)44-24-5-8-35-9-6-24/h3-4,7,10,13-19,24,35H,5-6,8-9,11-12H2,1-2H3,(H,40,41)(H,37,38,39). The van der Waals surface area contributed by atoms with Crippen molar-refractivity contribution in [3.05, 3.63) is 72.9 Å². The van der Waals surface area contributed by atoms with Gasteiger partial charge in [-0.1, -0.05) is 6.07 Å². The van der Waals surface area contributed by atoms with Crippen molar-refractivity contribution in [1.82, 2.24) is 40.3 Å². The summed E-state index contributed by atoms with van der Waals surface area (Å²) in [6.07, 6.45) is 7.43. The average molecular weight is 593 g/mol. The maximum atomic E-state index is 14.7. The molecule has 0 aliphatic carbocycles. The number of rotatable bonds is 9. The van der Waals surface area contributed by atoms with Gasteiger partial charge in [-0.05, 0) is 87.6 Å². The first-order valence-electron chi connectivity index (χ1n) is 14.7. The number of hydrogen-bond acceptors (Lipinski definition) is 8. The van der Waals surface area contributed by atoms with Crippen molar-refractivity contribution in [2.24, 2.45) is 0 Å². The van der Waals surface area contributed by atoms with Gasteiger partial charge in [0.15, 0.2) is 11.5 Å².